The molecule has 1 aromatic rings. The van der Waals surface area contributed by atoms with Crippen LogP contribution in [0.4, 0.5) is 0 Å². The zero-order valence-electron chi connectivity index (χ0n) is 13.6. The minimum Gasteiger partial charge on any atom is -0.393 e. The molecule has 0 saturated heterocycles. The largest absolute Gasteiger partial charge is 0.393 e. The average Bonchev–Trinajstić information content (AvgIpc) is 2.48. The van der Waals surface area contributed by atoms with Crippen molar-refractivity contribution in [2.24, 2.45) is 5.92 Å². The first-order chi connectivity index (χ1) is 9.47. The molecular weight excluding hydrogens is 266 g/mol. The highest BCUT2D eigenvalue weighted by atomic mass is 32.1. The van der Waals surface area contributed by atoms with E-state index in [1.807, 2.05) is 0 Å². The summed E-state index contributed by atoms with van der Waals surface area (Å²) in [5.41, 5.74) is 1.44. The normalized spacial score (nSPS) is 15.2. The zero-order chi connectivity index (χ0) is 15.5. The fourth-order valence-electron chi connectivity index (χ4n) is 2.09. The highest BCUT2D eigenvalue weighted by Gasteiger charge is 2.20. The molecule has 0 aliphatic rings. The van der Waals surface area contributed by atoms with E-state index in [2.05, 4.69) is 75.7 Å². The molecule has 0 aliphatic heterocycles. The number of benzene rings is 1. The lowest BCUT2D eigenvalue weighted by molar-refractivity contribution is 0.190. The van der Waals surface area contributed by atoms with Gasteiger partial charge in [-0.2, -0.15) is 12.6 Å². The van der Waals surface area contributed by atoms with Crippen LogP contribution in [0, 0.1) is 5.92 Å². The summed E-state index contributed by atoms with van der Waals surface area (Å²) in [6.07, 6.45) is 0.975. The summed E-state index contributed by atoms with van der Waals surface area (Å²) in [5, 5.41) is 8.28. The quantitative estimate of drug-likeness (QED) is 0.775. The number of hydrogen-bond acceptors (Lipinski definition) is 3. The van der Waals surface area contributed by atoms with Crippen molar-refractivity contribution in [3.05, 3.63) is 35.9 Å². The Bertz CT molecular complexity index is 319. The second-order valence-electron chi connectivity index (χ2n) is 5.35. The van der Waals surface area contributed by atoms with Gasteiger partial charge < -0.3 is 5.11 Å². The highest BCUT2D eigenvalue weighted by Crippen LogP contribution is 2.29. The van der Waals surface area contributed by atoms with Gasteiger partial charge in [0.15, 0.2) is 0 Å². The smallest absolute Gasteiger partial charge is 0.0599 e. The molecule has 0 aliphatic carbocycles. The number of nitrogens with zero attached hydrogens (tertiary/aromatic N) is 1. The van der Waals surface area contributed by atoms with Crippen molar-refractivity contribution in [1.82, 2.24) is 4.90 Å². The topological polar surface area (TPSA) is 23.5 Å². The molecule has 3 unspecified atom stereocenters. The summed E-state index contributed by atoms with van der Waals surface area (Å²) in [6.45, 7) is 9.63. The average molecular weight is 298 g/mol. The Morgan fingerprint density at radius 3 is 2.00 bits per heavy atom. The minimum atomic E-state index is -0.252. The van der Waals surface area contributed by atoms with Crippen LogP contribution in [0.5, 0.6) is 0 Å². The Hall–Kier alpha value is -0.510. The van der Waals surface area contributed by atoms with Crippen molar-refractivity contribution < 1.29 is 5.11 Å². The molecule has 0 bridgehead atoms. The molecule has 0 amide bonds. The van der Waals surface area contributed by atoms with Crippen molar-refractivity contribution in [3.8, 4) is 0 Å². The van der Waals surface area contributed by atoms with Crippen LogP contribution in [0.25, 0.3) is 0 Å². The fourth-order valence-corrected chi connectivity index (χ4v) is 2.09. The molecule has 1 N–H and O–H groups in total. The molecule has 116 valence electrons. The lowest BCUT2D eigenvalue weighted by atomic mass is 9.91. The summed E-state index contributed by atoms with van der Waals surface area (Å²) in [5.74, 6) is 1.26. The van der Waals surface area contributed by atoms with Crippen LogP contribution in [0.3, 0.4) is 0 Å². The van der Waals surface area contributed by atoms with Gasteiger partial charge in [-0.05, 0) is 32.0 Å². The van der Waals surface area contributed by atoms with E-state index in [1.54, 1.807) is 6.92 Å². The van der Waals surface area contributed by atoms with Crippen LogP contribution in [-0.2, 0) is 0 Å². The Labute approximate surface area is 130 Å². The van der Waals surface area contributed by atoms with Crippen LogP contribution in [0.2, 0.25) is 0 Å². The monoisotopic (exact) mass is 297 g/mol. The Kier molecular flexibility index (Phi) is 10.9. The van der Waals surface area contributed by atoms with Gasteiger partial charge in [-0.15, -0.1) is 0 Å². The van der Waals surface area contributed by atoms with Crippen LogP contribution in [0.1, 0.15) is 45.7 Å². The van der Waals surface area contributed by atoms with Crippen molar-refractivity contribution in [2.45, 2.75) is 46.3 Å². The molecule has 0 spiro atoms. The van der Waals surface area contributed by atoms with Crippen LogP contribution in [0.15, 0.2) is 30.3 Å². The van der Waals surface area contributed by atoms with Gasteiger partial charge in [-0.3, -0.25) is 4.90 Å². The molecule has 1 aromatic carbocycles. The molecule has 20 heavy (non-hydrogen) atoms. The first-order valence-corrected chi connectivity index (χ1v) is 8.15. The number of rotatable bonds is 6. The second-order valence-corrected chi connectivity index (χ2v) is 5.71. The number of thiol groups is 1. The minimum absolute atomic E-state index is 0.252. The second kappa shape index (κ2) is 11.2. The molecule has 0 aromatic heterocycles. The third-order valence-electron chi connectivity index (χ3n) is 3.56. The maximum absolute atomic E-state index is 8.28. The predicted molar refractivity (Wildman–Crippen MR) is 92.5 cm³/mol. The van der Waals surface area contributed by atoms with E-state index in [1.165, 1.54) is 12.0 Å². The summed E-state index contributed by atoms with van der Waals surface area (Å²) in [6, 6.07) is 11.4. The van der Waals surface area contributed by atoms with Crippen LogP contribution >= 0.6 is 12.6 Å². The van der Waals surface area contributed by atoms with Gasteiger partial charge in [0.25, 0.3) is 0 Å². The summed E-state index contributed by atoms with van der Waals surface area (Å²) >= 11 is 3.77. The predicted octanol–water partition coefficient (Wildman–Crippen LogP) is 4.02. The van der Waals surface area contributed by atoms with E-state index in [0.29, 0.717) is 17.7 Å². The molecule has 0 radical (unpaired) electrons. The number of aliphatic hydroxyl groups excluding tert-OH is 1. The lowest BCUT2D eigenvalue weighted by Gasteiger charge is -2.32. The van der Waals surface area contributed by atoms with Crippen molar-refractivity contribution >= 4 is 12.6 Å². The molecular formula is C17H31NOS. The van der Waals surface area contributed by atoms with Gasteiger partial charge in [0.2, 0.25) is 0 Å². The fraction of sp³-hybridized carbons (Fsp3) is 0.647. The standard InChI is InChI=1S/C14H23N.C3H8OS/c1-5-12(3)14(15(4)6-2)13-10-8-7-9-11-13;1-3(4)2-5/h7-12,14H,5-6H2,1-4H3;3-5H,2H2,1H3. The van der Waals surface area contributed by atoms with Gasteiger partial charge in [-0.1, -0.05) is 57.5 Å². The van der Waals surface area contributed by atoms with Gasteiger partial charge in [-0.25, -0.2) is 0 Å². The van der Waals surface area contributed by atoms with E-state index in [0.717, 1.165) is 6.54 Å². The van der Waals surface area contributed by atoms with E-state index >= 15 is 0 Å². The lowest BCUT2D eigenvalue weighted by Crippen LogP contribution is -2.29. The zero-order valence-corrected chi connectivity index (χ0v) is 14.5. The third kappa shape index (κ3) is 7.32. The molecule has 3 heteroatoms. The molecule has 2 nitrogen and oxygen atoms in total. The maximum atomic E-state index is 8.28. The third-order valence-corrected chi connectivity index (χ3v) is 4.09. The van der Waals surface area contributed by atoms with Gasteiger partial charge in [0.1, 0.15) is 0 Å². The Balaban J connectivity index is 0.000000621. The summed E-state index contributed by atoms with van der Waals surface area (Å²) in [7, 11) is 2.21. The number of aliphatic hydroxyl groups is 1. The van der Waals surface area contributed by atoms with Crippen molar-refractivity contribution in [1.29, 1.82) is 0 Å². The van der Waals surface area contributed by atoms with Crippen molar-refractivity contribution in [3.63, 3.8) is 0 Å². The maximum Gasteiger partial charge on any atom is 0.0599 e. The van der Waals surface area contributed by atoms with Crippen molar-refractivity contribution in [2.75, 3.05) is 19.3 Å². The van der Waals surface area contributed by atoms with E-state index in [-0.39, 0.29) is 6.10 Å². The van der Waals surface area contributed by atoms with Crippen LogP contribution < -0.4 is 0 Å². The van der Waals surface area contributed by atoms with E-state index in [4.69, 9.17) is 5.11 Å². The van der Waals surface area contributed by atoms with E-state index in [9.17, 15) is 0 Å². The number of hydrogen-bond donors (Lipinski definition) is 2. The molecule has 0 saturated carbocycles. The first-order valence-electron chi connectivity index (χ1n) is 7.51. The highest BCUT2D eigenvalue weighted by molar-refractivity contribution is 7.80. The van der Waals surface area contributed by atoms with Gasteiger partial charge >= 0.3 is 0 Å². The molecule has 0 fully saturated rings. The van der Waals surface area contributed by atoms with E-state index < -0.39 is 0 Å². The Morgan fingerprint density at radius 1 is 1.15 bits per heavy atom. The van der Waals surface area contributed by atoms with Gasteiger partial charge in [0, 0.05) is 11.8 Å². The molecule has 3 atom stereocenters. The first kappa shape index (κ1) is 19.5. The van der Waals surface area contributed by atoms with Gasteiger partial charge in [0.05, 0.1) is 6.10 Å². The molecule has 1 rings (SSSR count). The summed E-state index contributed by atoms with van der Waals surface area (Å²) in [4.78, 5) is 2.43. The summed E-state index contributed by atoms with van der Waals surface area (Å²) < 4.78 is 0. The van der Waals surface area contributed by atoms with Crippen LogP contribution in [-0.4, -0.2) is 35.5 Å². The Morgan fingerprint density at radius 2 is 1.65 bits per heavy atom. The SMILES string of the molecule is CC(O)CS.CCC(C)C(c1ccccc1)N(C)CC. The molecule has 0 heterocycles.